The second kappa shape index (κ2) is 6.52. The topological polar surface area (TPSA) is 45.3 Å². The molecule has 134 valence electrons. The zero-order chi connectivity index (χ0) is 18.3. The van der Waals surface area contributed by atoms with Gasteiger partial charge in [-0.3, -0.25) is 4.79 Å². The van der Waals surface area contributed by atoms with E-state index in [1.807, 2.05) is 24.0 Å². The molecule has 4 rings (SSSR count). The summed E-state index contributed by atoms with van der Waals surface area (Å²) in [6.45, 7) is 8.16. The number of amides is 1. The monoisotopic (exact) mass is 348 g/mol. The van der Waals surface area contributed by atoms with E-state index in [2.05, 4.69) is 43.1 Å². The fraction of sp³-hybridized carbons (Fsp3) is 0.318. The maximum atomic E-state index is 13.0. The van der Waals surface area contributed by atoms with Crippen molar-refractivity contribution in [1.82, 2.24) is 9.88 Å². The second-order valence-electron chi connectivity index (χ2n) is 7.07. The van der Waals surface area contributed by atoms with Crippen molar-refractivity contribution < 1.29 is 9.53 Å². The molecule has 1 amide bonds. The Morgan fingerprint density at radius 2 is 2.00 bits per heavy atom. The molecule has 26 heavy (non-hydrogen) atoms. The molecule has 0 atom stereocenters. The van der Waals surface area contributed by atoms with E-state index in [9.17, 15) is 4.79 Å². The number of hydrogen-bond donors (Lipinski definition) is 1. The van der Waals surface area contributed by atoms with Crippen LogP contribution in [0.2, 0.25) is 0 Å². The average Bonchev–Trinajstić information content (AvgIpc) is 3.05. The van der Waals surface area contributed by atoms with Crippen LogP contribution in [0, 0.1) is 13.8 Å². The Morgan fingerprint density at radius 1 is 1.15 bits per heavy atom. The van der Waals surface area contributed by atoms with Gasteiger partial charge in [0, 0.05) is 24.0 Å². The highest BCUT2D eigenvalue weighted by atomic mass is 16.5. The molecule has 0 radical (unpaired) electrons. The molecule has 1 aliphatic rings. The molecule has 4 nitrogen and oxygen atoms in total. The highest BCUT2D eigenvalue weighted by Gasteiger charge is 2.23. The Balaban J connectivity index is 1.61. The summed E-state index contributed by atoms with van der Waals surface area (Å²) in [5.74, 6) is 0.933. The number of ether oxygens (including phenoxy) is 1. The zero-order valence-corrected chi connectivity index (χ0v) is 15.6. The smallest absolute Gasteiger partial charge is 0.270 e. The molecule has 1 N–H and O–H groups in total. The average molecular weight is 348 g/mol. The lowest BCUT2D eigenvalue weighted by atomic mass is 9.99. The lowest BCUT2D eigenvalue weighted by molar-refractivity contribution is 0.0729. The number of carbonyl (C=O) groups is 1. The van der Waals surface area contributed by atoms with Gasteiger partial charge in [0.25, 0.3) is 5.91 Å². The van der Waals surface area contributed by atoms with E-state index in [1.54, 1.807) is 0 Å². The van der Waals surface area contributed by atoms with Gasteiger partial charge in [0.05, 0.1) is 6.61 Å². The van der Waals surface area contributed by atoms with Crippen LogP contribution in [0.3, 0.4) is 0 Å². The molecule has 0 spiro atoms. The quantitative estimate of drug-likeness (QED) is 0.763. The Hall–Kier alpha value is -2.75. The molecular formula is C22H24N2O2. The predicted molar refractivity (Wildman–Crippen MR) is 104 cm³/mol. The number of aromatic amines is 1. The number of nitrogens with one attached hydrogen (secondary N) is 1. The molecule has 1 aliphatic heterocycles. The van der Waals surface area contributed by atoms with Crippen LogP contribution in [0.1, 0.15) is 39.7 Å². The molecule has 0 unspecified atom stereocenters. The molecule has 0 bridgehead atoms. The van der Waals surface area contributed by atoms with Gasteiger partial charge in [-0.1, -0.05) is 12.1 Å². The van der Waals surface area contributed by atoms with Crippen LogP contribution in [-0.2, 0) is 13.0 Å². The van der Waals surface area contributed by atoms with E-state index in [0.717, 1.165) is 29.6 Å². The van der Waals surface area contributed by atoms with Crippen LogP contribution in [0.5, 0.6) is 5.75 Å². The molecule has 0 saturated carbocycles. The molecular weight excluding hydrogens is 324 g/mol. The van der Waals surface area contributed by atoms with Crippen molar-refractivity contribution in [3.8, 4) is 5.75 Å². The number of aromatic nitrogens is 1. The Bertz CT molecular complexity index is 987. The van der Waals surface area contributed by atoms with E-state index in [4.69, 9.17) is 4.74 Å². The molecule has 3 aromatic rings. The van der Waals surface area contributed by atoms with Gasteiger partial charge in [-0.2, -0.15) is 0 Å². The summed E-state index contributed by atoms with van der Waals surface area (Å²) in [5.41, 5.74) is 6.58. The Kier molecular flexibility index (Phi) is 4.19. The minimum atomic E-state index is 0.0608. The van der Waals surface area contributed by atoms with Crippen LogP contribution in [-0.4, -0.2) is 28.9 Å². The van der Waals surface area contributed by atoms with Gasteiger partial charge in [0.15, 0.2) is 0 Å². The normalized spacial score (nSPS) is 13.7. The van der Waals surface area contributed by atoms with Gasteiger partial charge in [-0.25, -0.2) is 0 Å². The Labute approximate surface area is 153 Å². The third-order valence-corrected chi connectivity index (χ3v) is 5.11. The van der Waals surface area contributed by atoms with Gasteiger partial charge in [-0.05, 0) is 73.7 Å². The van der Waals surface area contributed by atoms with E-state index in [0.29, 0.717) is 18.8 Å². The predicted octanol–water partition coefficient (Wildman–Crippen LogP) is 4.38. The second-order valence-corrected chi connectivity index (χ2v) is 7.07. The van der Waals surface area contributed by atoms with Crippen LogP contribution in [0.15, 0.2) is 36.4 Å². The lowest BCUT2D eigenvalue weighted by Gasteiger charge is -2.29. The SMILES string of the molecule is CCOc1ccc2c(c1)CN(C(=O)c1cc3c(C)cc(C)cc3[nH]1)CC2. The maximum absolute atomic E-state index is 13.0. The van der Waals surface area contributed by atoms with Gasteiger partial charge in [-0.15, -0.1) is 0 Å². The number of benzene rings is 2. The summed E-state index contributed by atoms with van der Waals surface area (Å²) in [6, 6.07) is 12.4. The van der Waals surface area contributed by atoms with Crippen LogP contribution < -0.4 is 4.74 Å². The molecule has 0 aliphatic carbocycles. The summed E-state index contributed by atoms with van der Waals surface area (Å²) in [6.07, 6.45) is 0.881. The summed E-state index contributed by atoms with van der Waals surface area (Å²) in [4.78, 5) is 18.3. The van der Waals surface area contributed by atoms with E-state index >= 15 is 0 Å². The van der Waals surface area contributed by atoms with Gasteiger partial charge in [0.1, 0.15) is 11.4 Å². The molecule has 2 aromatic carbocycles. The van der Waals surface area contributed by atoms with Crippen molar-refractivity contribution in [2.75, 3.05) is 13.2 Å². The summed E-state index contributed by atoms with van der Waals surface area (Å²) >= 11 is 0. The number of hydrogen-bond acceptors (Lipinski definition) is 2. The van der Waals surface area contributed by atoms with Crippen molar-refractivity contribution in [2.24, 2.45) is 0 Å². The minimum Gasteiger partial charge on any atom is -0.494 e. The first-order valence-corrected chi connectivity index (χ1v) is 9.19. The summed E-state index contributed by atoms with van der Waals surface area (Å²) in [5, 5.41) is 1.12. The summed E-state index contributed by atoms with van der Waals surface area (Å²) < 4.78 is 5.61. The van der Waals surface area contributed by atoms with Gasteiger partial charge < -0.3 is 14.6 Å². The maximum Gasteiger partial charge on any atom is 0.270 e. The number of fused-ring (bicyclic) bond motifs is 2. The molecule has 2 heterocycles. The molecule has 1 aromatic heterocycles. The van der Waals surface area contributed by atoms with Crippen molar-refractivity contribution in [3.63, 3.8) is 0 Å². The first kappa shape index (κ1) is 16.7. The van der Waals surface area contributed by atoms with E-state index in [1.165, 1.54) is 22.3 Å². The highest BCUT2D eigenvalue weighted by molar-refractivity contribution is 5.99. The third-order valence-electron chi connectivity index (χ3n) is 5.11. The molecule has 0 fully saturated rings. The highest BCUT2D eigenvalue weighted by Crippen LogP contribution is 2.26. The third kappa shape index (κ3) is 2.96. The van der Waals surface area contributed by atoms with Crippen molar-refractivity contribution in [3.05, 3.63) is 64.3 Å². The zero-order valence-electron chi connectivity index (χ0n) is 15.6. The van der Waals surface area contributed by atoms with E-state index < -0.39 is 0 Å². The first-order valence-electron chi connectivity index (χ1n) is 9.19. The van der Waals surface area contributed by atoms with Crippen LogP contribution in [0.25, 0.3) is 10.9 Å². The standard InChI is InChI=1S/C22H24N2O2/c1-4-26-18-6-5-16-7-8-24(13-17(16)11-18)22(25)21-12-19-15(3)9-14(2)10-20(19)23-21/h5-6,9-12,23H,4,7-8,13H2,1-3H3. The Morgan fingerprint density at radius 3 is 2.81 bits per heavy atom. The number of aryl methyl sites for hydroxylation is 2. The first-order chi connectivity index (χ1) is 12.5. The van der Waals surface area contributed by atoms with Crippen molar-refractivity contribution in [2.45, 2.75) is 33.7 Å². The molecule has 0 saturated heterocycles. The number of rotatable bonds is 3. The fourth-order valence-electron chi connectivity index (χ4n) is 3.85. The van der Waals surface area contributed by atoms with E-state index in [-0.39, 0.29) is 5.91 Å². The number of carbonyl (C=O) groups excluding carboxylic acids is 1. The lowest BCUT2D eigenvalue weighted by Crippen LogP contribution is -2.36. The van der Waals surface area contributed by atoms with Crippen LogP contribution >= 0.6 is 0 Å². The van der Waals surface area contributed by atoms with Crippen molar-refractivity contribution >= 4 is 16.8 Å². The van der Waals surface area contributed by atoms with Crippen molar-refractivity contribution in [1.29, 1.82) is 0 Å². The molecule has 4 heteroatoms. The van der Waals surface area contributed by atoms with Gasteiger partial charge in [0.2, 0.25) is 0 Å². The number of nitrogens with zero attached hydrogens (tertiary/aromatic N) is 1. The van der Waals surface area contributed by atoms with Crippen LogP contribution in [0.4, 0.5) is 0 Å². The minimum absolute atomic E-state index is 0.0608. The fourth-order valence-corrected chi connectivity index (χ4v) is 3.85. The number of H-pyrrole nitrogens is 1. The van der Waals surface area contributed by atoms with Gasteiger partial charge >= 0.3 is 0 Å². The summed E-state index contributed by atoms with van der Waals surface area (Å²) in [7, 11) is 0. The largest absolute Gasteiger partial charge is 0.494 e.